The smallest absolute Gasteiger partial charge is 0.284 e. The number of aromatic nitrogens is 4. The lowest BCUT2D eigenvalue weighted by atomic mass is 10.1. The molecule has 7 heteroatoms. The first-order valence-corrected chi connectivity index (χ1v) is 8.36. The number of aromatic amines is 2. The Balaban J connectivity index is 1.90. The van der Waals surface area contributed by atoms with Gasteiger partial charge in [-0.15, -0.1) is 5.10 Å². The lowest BCUT2D eigenvalue weighted by Gasteiger charge is -2.06. The van der Waals surface area contributed by atoms with Gasteiger partial charge in [-0.2, -0.15) is 0 Å². The van der Waals surface area contributed by atoms with Crippen molar-refractivity contribution in [2.45, 2.75) is 0 Å². The number of aromatic hydroxyl groups is 1. The molecule has 0 aliphatic heterocycles. The van der Waals surface area contributed by atoms with Crippen LogP contribution in [0, 0.1) is 4.84 Å². The van der Waals surface area contributed by atoms with Crippen molar-refractivity contribution >= 4 is 34.0 Å². The van der Waals surface area contributed by atoms with E-state index in [-0.39, 0.29) is 10.6 Å². The van der Waals surface area contributed by atoms with Crippen molar-refractivity contribution in [3.8, 4) is 28.6 Å². The topological polar surface area (TPSA) is 90.7 Å². The highest BCUT2D eigenvalue weighted by molar-refractivity contribution is 7.71. The van der Waals surface area contributed by atoms with Crippen LogP contribution in [0.15, 0.2) is 59.0 Å². The Morgan fingerprint density at radius 1 is 1.00 bits per heavy atom. The highest BCUT2D eigenvalue weighted by atomic mass is 32.1. The maximum absolute atomic E-state index is 9.89. The number of hydrogen-bond acceptors (Lipinski definition) is 5. The number of phenols is 1. The summed E-state index contributed by atoms with van der Waals surface area (Å²) < 4.78 is 5.45. The van der Waals surface area contributed by atoms with Crippen LogP contribution in [-0.2, 0) is 0 Å². The number of H-pyrrole nitrogens is 2. The normalized spacial score (nSPS) is 11.4. The van der Waals surface area contributed by atoms with Crippen LogP contribution >= 0.6 is 12.2 Å². The van der Waals surface area contributed by atoms with Crippen molar-refractivity contribution in [3.05, 3.63) is 59.4 Å². The quantitative estimate of drug-likeness (QED) is 0.393. The van der Waals surface area contributed by atoms with Crippen LogP contribution in [0.2, 0.25) is 0 Å². The monoisotopic (exact) mass is 360 g/mol. The van der Waals surface area contributed by atoms with Gasteiger partial charge in [0.2, 0.25) is 0 Å². The van der Waals surface area contributed by atoms with E-state index in [1.54, 1.807) is 18.2 Å². The zero-order valence-corrected chi connectivity index (χ0v) is 14.2. The van der Waals surface area contributed by atoms with Crippen LogP contribution in [0.3, 0.4) is 0 Å². The molecular weight excluding hydrogens is 348 g/mol. The SMILES string of the molecule is Oc1cccc(-c2nc(-c3n[nH]c(=S)o3)cc3c2[nH]c2ccccc23)c1. The molecule has 0 aliphatic rings. The molecule has 0 aliphatic carbocycles. The number of para-hydroxylation sites is 1. The highest BCUT2D eigenvalue weighted by Gasteiger charge is 2.16. The zero-order chi connectivity index (χ0) is 17.7. The third kappa shape index (κ3) is 2.29. The maximum Gasteiger partial charge on any atom is 0.284 e. The third-order valence-corrected chi connectivity index (χ3v) is 4.45. The molecule has 0 unspecified atom stereocenters. The summed E-state index contributed by atoms with van der Waals surface area (Å²) in [7, 11) is 0. The standard InChI is InChI=1S/C19H12N4O2S/c24-11-5-3-4-10(8-11)16-17-13(12-6-1-2-7-14(12)20-17)9-15(21-16)18-22-23-19(26)25-18/h1-9,20,24H,(H,23,26). The van der Waals surface area contributed by atoms with Gasteiger partial charge in [0, 0.05) is 21.9 Å². The molecule has 0 spiro atoms. The van der Waals surface area contributed by atoms with E-state index < -0.39 is 0 Å². The fourth-order valence-electron chi connectivity index (χ4n) is 3.16. The van der Waals surface area contributed by atoms with Gasteiger partial charge in [-0.1, -0.05) is 30.3 Å². The Morgan fingerprint density at radius 2 is 1.88 bits per heavy atom. The Labute approximate surface area is 152 Å². The Kier molecular flexibility index (Phi) is 3.16. The van der Waals surface area contributed by atoms with E-state index in [2.05, 4.69) is 15.2 Å². The lowest BCUT2D eigenvalue weighted by molar-refractivity contribution is 0.475. The fraction of sp³-hybridized carbons (Fsp3) is 0. The van der Waals surface area contributed by atoms with Crippen LogP contribution in [0.5, 0.6) is 5.75 Å². The van der Waals surface area contributed by atoms with Crippen LogP contribution in [0.25, 0.3) is 44.6 Å². The van der Waals surface area contributed by atoms with Crippen molar-refractivity contribution in [3.63, 3.8) is 0 Å². The average Bonchev–Trinajstić information content (AvgIpc) is 3.24. The first-order chi connectivity index (χ1) is 12.7. The van der Waals surface area contributed by atoms with Gasteiger partial charge >= 0.3 is 0 Å². The number of rotatable bonds is 2. The summed E-state index contributed by atoms with van der Waals surface area (Å²) in [5, 5.41) is 18.7. The minimum Gasteiger partial charge on any atom is -0.508 e. The second kappa shape index (κ2) is 5.53. The Morgan fingerprint density at radius 3 is 2.69 bits per heavy atom. The van der Waals surface area contributed by atoms with Crippen molar-refractivity contribution in [2.75, 3.05) is 0 Å². The molecule has 0 amide bonds. The van der Waals surface area contributed by atoms with E-state index in [1.165, 1.54) is 0 Å². The van der Waals surface area contributed by atoms with Gasteiger partial charge in [0.05, 0.1) is 11.2 Å². The van der Waals surface area contributed by atoms with Crippen molar-refractivity contribution < 1.29 is 9.52 Å². The van der Waals surface area contributed by atoms with Gasteiger partial charge in [0.1, 0.15) is 11.4 Å². The molecular formula is C19H12N4O2S. The molecule has 6 nitrogen and oxygen atoms in total. The first kappa shape index (κ1) is 14.9. The summed E-state index contributed by atoms with van der Waals surface area (Å²) in [6, 6.07) is 16.9. The minimum atomic E-state index is 0.177. The van der Waals surface area contributed by atoms with Gasteiger partial charge in [-0.25, -0.2) is 10.1 Å². The van der Waals surface area contributed by atoms with Gasteiger partial charge in [-0.3, -0.25) is 0 Å². The largest absolute Gasteiger partial charge is 0.508 e. The molecule has 3 heterocycles. The zero-order valence-electron chi connectivity index (χ0n) is 13.4. The molecule has 3 aromatic heterocycles. The summed E-state index contributed by atoms with van der Waals surface area (Å²) in [4.78, 5) is 8.35. The fourth-order valence-corrected chi connectivity index (χ4v) is 3.28. The van der Waals surface area contributed by atoms with Gasteiger partial charge in [0.15, 0.2) is 0 Å². The first-order valence-electron chi connectivity index (χ1n) is 7.96. The number of nitrogens with zero attached hydrogens (tertiary/aromatic N) is 2. The predicted octanol–water partition coefficient (Wildman–Crippen LogP) is 4.80. The molecule has 126 valence electrons. The van der Waals surface area contributed by atoms with E-state index >= 15 is 0 Å². The Bertz CT molecular complexity index is 1330. The predicted molar refractivity (Wildman–Crippen MR) is 101 cm³/mol. The van der Waals surface area contributed by atoms with Crippen LogP contribution < -0.4 is 0 Å². The second-order valence-electron chi connectivity index (χ2n) is 5.92. The van der Waals surface area contributed by atoms with Crippen molar-refractivity contribution in [1.82, 2.24) is 20.2 Å². The van der Waals surface area contributed by atoms with E-state index in [4.69, 9.17) is 21.6 Å². The number of phenolic OH excluding ortho intramolecular Hbond substituents is 1. The summed E-state index contributed by atoms with van der Waals surface area (Å²) in [5.41, 5.74) is 3.94. The summed E-state index contributed by atoms with van der Waals surface area (Å²) in [6.07, 6.45) is 0. The Hall–Kier alpha value is -3.45. The third-order valence-electron chi connectivity index (χ3n) is 4.27. The minimum absolute atomic E-state index is 0.177. The maximum atomic E-state index is 9.89. The molecule has 0 fully saturated rings. The van der Waals surface area contributed by atoms with Crippen LogP contribution in [0.1, 0.15) is 0 Å². The summed E-state index contributed by atoms with van der Waals surface area (Å²) in [5.74, 6) is 0.500. The highest BCUT2D eigenvalue weighted by Crippen LogP contribution is 2.35. The van der Waals surface area contributed by atoms with E-state index in [0.29, 0.717) is 17.3 Å². The molecule has 0 atom stereocenters. The van der Waals surface area contributed by atoms with E-state index in [1.807, 2.05) is 36.4 Å². The van der Waals surface area contributed by atoms with Crippen LogP contribution in [-0.4, -0.2) is 25.3 Å². The van der Waals surface area contributed by atoms with Crippen LogP contribution in [0.4, 0.5) is 0 Å². The van der Waals surface area contributed by atoms with E-state index in [0.717, 1.165) is 27.4 Å². The number of hydrogen-bond donors (Lipinski definition) is 3. The van der Waals surface area contributed by atoms with Crippen molar-refractivity contribution in [2.24, 2.45) is 0 Å². The number of benzene rings is 2. The molecule has 0 bridgehead atoms. The molecule has 5 rings (SSSR count). The molecule has 0 radical (unpaired) electrons. The molecule has 5 aromatic rings. The molecule has 0 saturated carbocycles. The van der Waals surface area contributed by atoms with Gasteiger partial charge in [0.25, 0.3) is 10.7 Å². The number of pyridine rings is 1. The number of nitrogens with one attached hydrogen (secondary N) is 2. The van der Waals surface area contributed by atoms with Gasteiger partial charge in [-0.05, 0) is 36.5 Å². The molecule has 3 N–H and O–H groups in total. The van der Waals surface area contributed by atoms with Crippen molar-refractivity contribution in [1.29, 1.82) is 0 Å². The second-order valence-corrected chi connectivity index (χ2v) is 6.29. The van der Waals surface area contributed by atoms with Gasteiger partial charge < -0.3 is 14.5 Å². The molecule has 0 saturated heterocycles. The molecule has 2 aromatic carbocycles. The lowest BCUT2D eigenvalue weighted by Crippen LogP contribution is -1.91. The molecule has 26 heavy (non-hydrogen) atoms. The summed E-state index contributed by atoms with van der Waals surface area (Å²) in [6.45, 7) is 0. The number of fused-ring (bicyclic) bond motifs is 3. The average molecular weight is 360 g/mol. The summed E-state index contributed by atoms with van der Waals surface area (Å²) >= 11 is 4.98. The van der Waals surface area contributed by atoms with E-state index in [9.17, 15) is 5.11 Å².